The van der Waals surface area contributed by atoms with Crippen LogP contribution in [0.15, 0.2) is 10.8 Å². The number of alkyl halides is 3. The van der Waals surface area contributed by atoms with Crippen LogP contribution >= 0.6 is 0 Å². The molecule has 0 aromatic carbocycles. The van der Waals surface area contributed by atoms with Gasteiger partial charge in [0.2, 0.25) is 5.88 Å². The van der Waals surface area contributed by atoms with E-state index in [-0.39, 0.29) is 0 Å². The van der Waals surface area contributed by atoms with Gasteiger partial charge in [-0.1, -0.05) is 0 Å². The Balaban J connectivity index is 3.01. The molecular weight excluding hydrogens is 177 g/mol. The van der Waals surface area contributed by atoms with E-state index < -0.39 is 23.5 Å². The molecule has 1 rings (SSSR count). The van der Waals surface area contributed by atoms with Gasteiger partial charge in [0, 0.05) is 0 Å². The topological polar surface area (TPSA) is 69.1 Å². The predicted octanol–water partition coefficient (Wildman–Crippen LogP) is 1.00. The number of Topliss-reactive ketones (excluding diaryl/α,β-unsaturated/α-hetero) is 1. The van der Waals surface area contributed by atoms with Crippen molar-refractivity contribution in [2.24, 2.45) is 0 Å². The number of rotatable bonds is 1. The molecule has 0 saturated carbocycles. The van der Waals surface area contributed by atoms with Crippen LogP contribution in [-0.2, 0) is 0 Å². The van der Waals surface area contributed by atoms with Gasteiger partial charge in [-0.25, -0.2) is 4.98 Å². The quantitative estimate of drug-likeness (QED) is 0.654. The van der Waals surface area contributed by atoms with E-state index in [0.29, 0.717) is 6.39 Å². The number of nitrogens with zero attached hydrogens (tertiary/aromatic N) is 1. The van der Waals surface area contributed by atoms with Crippen molar-refractivity contribution >= 4 is 11.7 Å². The minimum atomic E-state index is -4.97. The summed E-state index contributed by atoms with van der Waals surface area (Å²) in [4.78, 5) is 13.4. The molecule has 12 heavy (non-hydrogen) atoms. The van der Waals surface area contributed by atoms with Crippen molar-refractivity contribution in [2.75, 3.05) is 5.73 Å². The van der Waals surface area contributed by atoms with Crippen LogP contribution in [0.5, 0.6) is 0 Å². The number of carbonyl (C=O) groups excluding carboxylic acids is 1. The highest BCUT2D eigenvalue weighted by Gasteiger charge is 2.42. The Bertz CT molecular complexity index is 304. The van der Waals surface area contributed by atoms with Gasteiger partial charge in [-0.3, -0.25) is 4.79 Å². The van der Waals surface area contributed by atoms with Crippen LogP contribution in [0.3, 0.4) is 0 Å². The minimum Gasteiger partial charge on any atom is -0.428 e. The lowest BCUT2D eigenvalue weighted by Gasteiger charge is -2.00. The molecule has 1 aromatic rings. The largest absolute Gasteiger partial charge is 0.456 e. The predicted molar refractivity (Wildman–Crippen MR) is 31.3 cm³/mol. The maximum Gasteiger partial charge on any atom is 0.456 e. The summed E-state index contributed by atoms with van der Waals surface area (Å²) in [5, 5.41) is 0. The van der Waals surface area contributed by atoms with Gasteiger partial charge in [-0.2, -0.15) is 13.2 Å². The highest BCUT2D eigenvalue weighted by atomic mass is 19.4. The molecule has 1 heterocycles. The Kier molecular flexibility index (Phi) is 1.79. The molecule has 0 fully saturated rings. The first-order valence-electron chi connectivity index (χ1n) is 2.73. The first-order chi connectivity index (χ1) is 5.43. The highest BCUT2D eigenvalue weighted by molar-refractivity contribution is 6.01. The molecule has 7 heteroatoms. The lowest BCUT2D eigenvalue weighted by atomic mass is 10.3. The number of carbonyl (C=O) groups is 1. The molecule has 2 N–H and O–H groups in total. The third-order valence-electron chi connectivity index (χ3n) is 1.07. The molecule has 4 nitrogen and oxygen atoms in total. The SMILES string of the molecule is Nc1ocnc1C(=O)C(F)(F)F. The average Bonchev–Trinajstić information content (AvgIpc) is 2.31. The molecule has 0 unspecified atom stereocenters. The summed E-state index contributed by atoms with van der Waals surface area (Å²) >= 11 is 0. The van der Waals surface area contributed by atoms with Gasteiger partial charge < -0.3 is 10.2 Å². The summed E-state index contributed by atoms with van der Waals surface area (Å²) < 4.78 is 39.3. The van der Waals surface area contributed by atoms with Gasteiger partial charge >= 0.3 is 6.18 Å². The first-order valence-corrected chi connectivity index (χ1v) is 2.73. The van der Waals surface area contributed by atoms with Gasteiger partial charge in [0.15, 0.2) is 12.1 Å². The average molecular weight is 180 g/mol. The van der Waals surface area contributed by atoms with Crippen molar-refractivity contribution in [2.45, 2.75) is 6.18 Å². The number of aromatic nitrogens is 1. The van der Waals surface area contributed by atoms with Crippen LogP contribution in [0.1, 0.15) is 10.5 Å². The Morgan fingerprint density at radius 3 is 2.50 bits per heavy atom. The molecule has 0 bridgehead atoms. The maximum absolute atomic E-state index is 11.7. The van der Waals surface area contributed by atoms with Crippen molar-refractivity contribution in [3.63, 3.8) is 0 Å². The Morgan fingerprint density at radius 1 is 1.58 bits per heavy atom. The van der Waals surface area contributed by atoms with E-state index in [1.165, 1.54) is 0 Å². The van der Waals surface area contributed by atoms with Gasteiger partial charge in [-0.05, 0) is 0 Å². The Labute approximate surface area is 64.2 Å². The maximum atomic E-state index is 11.7. The smallest absolute Gasteiger partial charge is 0.428 e. The van der Waals surface area contributed by atoms with Gasteiger partial charge in [0.05, 0.1) is 0 Å². The van der Waals surface area contributed by atoms with E-state index in [2.05, 4.69) is 9.40 Å². The number of anilines is 1. The fourth-order valence-corrected chi connectivity index (χ4v) is 0.560. The second kappa shape index (κ2) is 2.50. The normalized spacial score (nSPS) is 11.6. The fraction of sp³-hybridized carbons (Fsp3) is 0.200. The molecule has 0 radical (unpaired) electrons. The molecule has 0 spiro atoms. The van der Waals surface area contributed by atoms with Crippen LogP contribution in [0, 0.1) is 0 Å². The summed E-state index contributed by atoms with van der Waals surface area (Å²) in [5.41, 5.74) is 3.99. The standard InChI is InChI=1S/C5H3F3N2O2/c6-5(7,8)3(11)2-4(9)12-1-10-2/h1H,9H2. The highest BCUT2D eigenvalue weighted by Crippen LogP contribution is 2.23. The Morgan fingerprint density at radius 2 is 2.17 bits per heavy atom. The molecule has 0 atom stereocenters. The van der Waals surface area contributed by atoms with Gasteiger partial charge in [0.25, 0.3) is 5.78 Å². The van der Waals surface area contributed by atoms with E-state index in [1.54, 1.807) is 0 Å². The molecular formula is C5H3F3N2O2. The van der Waals surface area contributed by atoms with E-state index in [9.17, 15) is 18.0 Å². The number of hydrogen-bond acceptors (Lipinski definition) is 4. The summed E-state index contributed by atoms with van der Waals surface area (Å²) in [5.74, 6) is -2.73. The molecule has 0 saturated heterocycles. The summed E-state index contributed by atoms with van der Waals surface area (Å²) in [7, 11) is 0. The molecule has 0 aliphatic rings. The second-order valence-electron chi connectivity index (χ2n) is 1.89. The lowest BCUT2D eigenvalue weighted by molar-refractivity contribution is -0.0887. The number of oxazole rings is 1. The third kappa shape index (κ3) is 1.39. The van der Waals surface area contributed by atoms with Crippen molar-refractivity contribution in [1.82, 2.24) is 4.98 Å². The summed E-state index contributed by atoms with van der Waals surface area (Å²) in [6.07, 6.45) is -4.29. The van der Waals surface area contributed by atoms with Crippen molar-refractivity contribution < 1.29 is 22.4 Å². The zero-order valence-electron chi connectivity index (χ0n) is 5.55. The number of nitrogens with two attached hydrogens (primary N) is 1. The van der Waals surface area contributed by atoms with Crippen molar-refractivity contribution in [3.05, 3.63) is 12.1 Å². The second-order valence-corrected chi connectivity index (χ2v) is 1.89. The lowest BCUT2D eigenvalue weighted by Crippen LogP contribution is -2.23. The first kappa shape index (κ1) is 8.57. The summed E-state index contributed by atoms with van der Waals surface area (Å²) in [6.45, 7) is 0. The van der Waals surface area contributed by atoms with Crippen LogP contribution in [0.4, 0.5) is 19.1 Å². The van der Waals surface area contributed by atoms with E-state index in [4.69, 9.17) is 5.73 Å². The van der Waals surface area contributed by atoms with Crippen molar-refractivity contribution in [3.8, 4) is 0 Å². The van der Waals surface area contributed by atoms with Gasteiger partial charge in [-0.15, -0.1) is 0 Å². The van der Waals surface area contributed by atoms with Crippen molar-refractivity contribution in [1.29, 1.82) is 0 Å². The molecule has 66 valence electrons. The van der Waals surface area contributed by atoms with E-state index in [0.717, 1.165) is 0 Å². The molecule has 0 aliphatic heterocycles. The number of hydrogen-bond donors (Lipinski definition) is 1. The monoisotopic (exact) mass is 180 g/mol. The third-order valence-corrected chi connectivity index (χ3v) is 1.07. The molecule has 0 amide bonds. The van der Waals surface area contributed by atoms with Crippen LogP contribution in [0.25, 0.3) is 0 Å². The molecule has 0 aliphatic carbocycles. The van der Waals surface area contributed by atoms with E-state index >= 15 is 0 Å². The zero-order chi connectivity index (χ0) is 9.35. The van der Waals surface area contributed by atoms with Crippen LogP contribution < -0.4 is 5.73 Å². The summed E-state index contributed by atoms with van der Waals surface area (Å²) in [6, 6.07) is 0. The van der Waals surface area contributed by atoms with Crippen LogP contribution in [0.2, 0.25) is 0 Å². The minimum absolute atomic E-state index is 0.627. The van der Waals surface area contributed by atoms with E-state index in [1.807, 2.05) is 0 Å². The molecule has 1 aromatic heterocycles. The number of halogens is 3. The number of ketones is 1. The van der Waals surface area contributed by atoms with Crippen LogP contribution in [-0.4, -0.2) is 16.9 Å². The van der Waals surface area contributed by atoms with Gasteiger partial charge in [0.1, 0.15) is 0 Å². The fourth-order valence-electron chi connectivity index (χ4n) is 0.560. The zero-order valence-corrected chi connectivity index (χ0v) is 5.55. The Hall–Kier alpha value is -1.53. The number of nitrogen functional groups attached to an aromatic ring is 1.